The molecule has 0 radical (unpaired) electrons. The highest BCUT2D eigenvalue weighted by Crippen LogP contribution is 2.29. The first kappa shape index (κ1) is 21.0. The summed E-state index contributed by atoms with van der Waals surface area (Å²) >= 11 is 1.28. The second kappa shape index (κ2) is 8.49. The maximum Gasteiger partial charge on any atom is 0.471 e. The van der Waals surface area contributed by atoms with Crippen molar-refractivity contribution in [3.8, 4) is 11.4 Å². The van der Waals surface area contributed by atoms with Gasteiger partial charge in [-0.15, -0.1) is 5.10 Å². The van der Waals surface area contributed by atoms with E-state index in [9.17, 15) is 18.0 Å². The molecule has 31 heavy (non-hydrogen) atoms. The Balaban J connectivity index is 1.31. The number of amides is 1. The van der Waals surface area contributed by atoms with Gasteiger partial charge in [0.05, 0.1) is 5.75 Å². The first-order valence-corrected chi connectivity index (χ1v) is 10.0. The molecule has 164 valence electrons. The third kappa shape index (κ3) is 4.76. The molecule has 1 saturated heterocycles. The Bertz CT molecular complexity index is 1050. The van der Waals surface area contributed by atoms with Gasteiger partial charge >= 0.3 is 12.1 Å². The molecule has 1 fully saturated rings. The molecule has 3 aromatic heterocycles. The smallest absolute Gasteiger partial charge is 0.353 e. The van der Waals surface area contributed by atoms with Crippen LogP contribution in [-0.4, -0.2) is 78.1 Å². The van der Waals surface area contributed by atoms with E-state index in [-0.39, 0.29) is 17.5 Å². The van der Waals surface area contributed by atoms with Crippen LogP contribution in [0.25, 0.3) is 11.4 Å². The lowest BCUT2D eigenvalue weighted by Crippen LogP contribution is -2.49. The number of tetrazole rings is 1. The second-order valence-electron chi connectivity index (χ2n) is 6.57. The Labute approximate surface area is 177 Å². The number of pyridine rings is 1. The van der Waals surface area contributed by atoms with Crippen LogP contribution in [0, 0.1) is 0 Å². The molecular formula is C16H16F3N9O2S. The summed E-state index contributed by atoms with van der Waals surface area (Å²) in [7, 11) is 1.71. The van der Waals surface area contributed by atoms with Gasteiger partial charge in [-0.05, 0) is 22.6 Å². The van der Waals surface area contributed by atoms with Crippen molar-refractivity contribution in [2.75, 3.05) is 36.8 Å². The average Bonchev–Trinajstić information content (AvgIpc) is 3.42. The van der Waals surface area contributed by atoms with Crippen LogP contribution in [0.4, 0.5) is 19.0 Å². The third-order valence-electron chi connectivity index (χ3n) is 4.54. The number of carbonyl (C=O) groups is 1. The largest absolute Gasteiger partial charge is 0.471 e. The monoisotopic (exact) mass is 455 g/mol. The van der Waals surface area contributed by atoms with Crippen molar-refractivity contribution in [2.45, 2.75) is 11.3 Å². The van der Waals surface area contributed by atoms with Gasteiger partial charge < -0.3 is 14.3 Å². The number of aryl methyl sites for hydroxylation is 1. The van der Waals surface area contributed by atoms with Gasteiger partial charge in [0.15, 0.2) is 0 Å². The van der Waals surface area contributed by atoms with E-state index in [4.69, 9.17) is 0 Å². The normalized spacial score (nSPS) is 14.8. The molecule has 0 atom stereocenters. The molecule has 1 aliphatic rings. The maximum atomic E-state index is 12.6. The Morgan fingerprint density at radius 1 is 1.23 bits per heavy atom. The number of anilines is 1. The van der Waals surface area contributed by atoms with Crippen molar-refractivity contribution in [2.24, 2.45) is 7.05 Å². The second-order valence-corrected chi connectivity index (χ2v) is 7.51. The molecule has 1 amide bonds. The highest BCUT2D eigenvalue weighted by atomic mass is 32.2. The zero-order valence-corrected chi connectivity index (χ0v) is 17.0. The zero-order chi connectivity index (χ0) is 22.0. The van der Waals surface area contributed by atoms with Crippen LogP contribution < -0.4 is 4.90 Å². The Hall–Kier alpha value is -3.23. The number of halogens is 3. The molecule has 4 heterocycles. The van der Waals surface area contributed by atoms with Gasteiger partial charge in [0.1, 0.15) is 5.82 Å². The fourth-order valence-corrected chi connectivity index (χ4v) is 3.66. The lowest BCUT2D eigenvalue weighted by Gasteiger charge is -2.35. The standard InChI is InChI=1S/C16H16F3N9O2S/c1-26-15(22-24-25-26)31-9-12(29)28-6-4-27(5-7-28)11-3-2-10(8-20-11)13-21-14(30-23-13)16(17,18)19/h2-3,8H,4-7,9H2,1H3. The van der Waals surface area contributed by atoms with E-state index in [0.29, 0.717) is 42.7 Å². The summed E-state index contributed by atoms with van der Waals surface area (Å²) in [6.07, 6.45) is -3.30. The molecule has 0 N–H and O–H groups in total. The van der Waals surface area contributed by atoms with E-state index in [1.165, 1.54) is 22.6 Å². The Kier molecular flexibility index (Phi) is 5.75. The molecule has 15 heteroatoms. The number of alkyl halides is 3. The van der Waals surface area contributed by atoms with E-state index in [1.807, 2.05) is 4.90 Å². The average molecular weight is 455 g/mol. The lowest BCUT2D eigenvalue weighted by molar-refractivity contribution is -0.159. The highest BCUT2D eigenvalue weighted by Gasteiger charge is 2.38. The molecule has 1 aliphatic heterocycles. The molecule has 0 unspecified atom stereocenters. The van der Waals surface area contributed by atoms with Gasteiger partial charge in [-0.1, -0.05) is 16.9 Å². The van der Waals surface area contributed by atoms with Gasteiger partial charge in [-0.2, -0.15) is 18.2 Å². The number of hydrogen-bond donors (Lipinski definition) is 0. The summed E-state index contributed by atoms with van der Waals surface area (Å²) < 4.78 is 43.5. The minimum Gasteiger partial charge on any atom is -0.353 e. The van der Waals surface area contributed by atoms with Gasteiger partial charge in [0, 0.05) is 45.0 Å². The summed E-state index contributed by atoms with van der Waals surface area (Å²) in [6, 6.07) is 3.25. The molecule has 4 rings (SSSR count). The summed E-state index contributed by atoms with van der Waals surface area (Å²) in [5.41, 5.74) is 0.312. The molecule has 11 nitrogen and oxygen atoms in total. The van der Waals surface area contributed by atoms with Gasteiger partial charge in [-0.25, -0.2) is 9.67 Å². The quantitative estimate of drug-likeness (QED) is 0.518. The van der Waals surface area contributed by atoms with E-state index in [0.717, 1.165) is 0 Å². The first-order valence-electron chi connectivity index (χ1n) is 9.06. The van der Waals surface area contributed by atoms with E-state index in [2.05, 4.69) is 35.2 Å². The SMILES string of the molecule is Cn1nnnc1SCC(=O)N1CCN(c2ccc(-c3noc(C(F)(F)F)n3)cn2)CC1. The number of thioether (sulfide) groups is 1. The summed E-state index contributed by atoms with van der Waals surface area (Å²) in [6.45, 7) is 2.21. The minimum absolute atomic E-state index is 0.00599. The van der Waals surface area contributed by atoms with Crippen LogP contribution in [0.3, 0.4) is 0 Å². The molecule has 3 aromatic rings. The number of hydrogen-bond acceptors (Lipinski definition) is 10. The molecule has 0 aromatic carbocycles. The predicted molar refractivity (Wildman–Crippen MR) is 101 cm³/mol. The van der Waals surface area contributed by atoms with Crippen molar-refractivity contribution >= 4 is 23.5 Å². The van der Waals surface area contributed by atoms with Gasteiger partial charge in [0.25, 0.3) is 0 Å². The number of rotatable bonds is 5. The summed E-state index contributed by atoms with van der Waals surface area (Å²) in [5.74, 6) is -0.701. The Morgan fingerprint density at radius 3 is 2.58 bits per heavy atom. The van der Waals surface area contributed by atoms with Crippen molar-refractivity contribution in [1.29, 1.82) is 0 Å². The number of aromatic nitrogens is 7. The molecule has 0 bridgehead atoms. The van der Waals surface area contributed by atoms with Crippen LogP contribution in [0.5, 0.6) is 0 Å². The maximum absolute atomic E-state index is 12.6. The van der Waals surface area contributed by atoms with Crippen molar-refractivity contribution in [3.63, 3.8) is 0 Å². The fraction of sp³-hybridized carbons (Fsp3) is 0.438. The fourth-order valence-electron chi connectivity index (χ4n) is 2.91. The number of nitrogens with zero attached hydrogens (tertiary/aromatic N) is 9. The topological polar surface area (TPSA) is 119 Å². The zero-order valence-electron chi connectivity index (χ0n) is 16.2. The van der Waals surface area contributed by atoms with Crippen molar-refractivity contribution < 1.29 is 22.5 Å². The highest BCUT2D eigenvalue weighted by molar-refractivity contribution is 7.99. The number of carbonyl (C=O) groups excluding carboxylic acids is 1. The van der Waals surface area contributed by atoms with Crippen molar-refractivity contribution in [3.05, 3.63) is 24.2 Å². The van der Waals surface area contributed by atoms with E-state index >= 15 is 0 Å². The van der Waals surface area contributed by atoms with Crippen molar-refractivity contribution in [1.82, 2.24) is 40.2 Å². The van der Waals surface area contributed by atoms with Crippen LogP contribution in [0.1, 0.15) is 5.89 Å². The number of piperazine rings is 1. The first-order chi connectivity index (χ1) is 14.8. The molecule has 0 aliphatic carbocycles. The van der Waals surface area contributed by atoms with Crippen LogP contribution in [0.2, 0.25) is 0 Å². The Morgan fingerprint density at radius 2 is 2.00 bits per heavy atom. The molecular weight excluding hydrogens is 439 g/mol. The van der Waals surface area contributed by atoms with Gasteiger partial charge in [0.2, 0.25) is 16.9 Å². The van der Waals surface area contributed by atoms with E-state index < -0.39 is 12.1 Å². The van der Waals surface area contributed by atoms with E-state index in [1.54, 1.807) is 24.1 Å². The minimum atomic E-state index is -4.70. The molecule has 0 spiro atoms. The summed E-state index contributed by atoms with van der Waals surface area (Å²) in [4.78, 5) is 23.8. The van der Waals surface area contributed by atoms with Gasteiger partial charge in [-0.3, -0.25) is 4.79 Å². The molecule has 0 saturated carbocycles. The lowest BCUT2D eigenvalue weighted by atomic mass is 10.2. The summed E-state index contributed by atoms with van der Waals surface area (Å²) in [5, 5.41) is 15.0. The predicted octanol–water partition coefficient (Wildman–Crippen LogP) is 1.11. The van der Waals surface area contributed by atoms with Crippen LogP contribution in [-0.2, 0) is 18.0 Å². The third-order valence-corrected chi connectivity index (χ3v) is 5.53. The van der Waals surface area contributed by atoms with Crippen LogP contribution in [0.15, 0.2) is 28.0 Å². The van der Waals surface area contributed by atoms with Crippen LogP contribution >= 0.6 is 11.8 Å².